The van der Waals surface area contributed by atoms with Gasteiger partial charge in [0.25, 0.3) is 11.1 Å². The molecule has 18 N–H and O–H groups in total. The maximum atomic E-state index is 11.7. The number of anilines is 2. The lowest BCUT2D eigenvalue weighted by atomic mass is 10.1. The molecule has 376 valence electrons. The van der Waals surface area contributed by atoms with Gasteiger partial charge in [0.1, 0.15) is 66.8 Å². The Kier molecular flexibility index (Phi) is 15.9. The highest BCUT2D eigenvalue weighted by Crippen LogP contribution is 2.41. The van der Waals surface area contributed by atoms with Crippen molar-refractivity contribution in [1.29, 1.82) is 0 Å². The van der Waals surface area contributed by atoms with E-state index in [4.69, 9.17) is 55.0 Å². The number of aliphatic hydroxyl groups excluding tert-OH is 6. The van der Waals surface area contributed by atoms with Crippen LogP contribution < -0.4 is 28.3 Å². The van der Waals surface area contributed by atoms with Crippen LogP contribution in [-0.2, 0) is 41.5 Å². The van der Waals surface area contributed by atoms with Crippen molar-refractivity contribution >= 4 is 57.6 Å². The Bertz CT molecular complexity index is 2900. The molecule has 8 rings (SSSR count). The standard InChI is InChI=1S/C10H14N5O8P.C10H14N5O7P.C9H13N2O9P/c11-10-13-7-4(8(18)14-10)12-2-15(7)9-6(17)5(16)3(23-9)1-22-24(19,20)21;11-8-5-9(13-2-12-8)15(3-14-5)10-7(17)6(16)4(22-10)1-21-23(18,19)20;12-5-1-2-11(9(15)10-5)8-7(14)6(13)4(20-8)3-19-21(16,17)18/h2-3,5-6,9,16-17H,1H2,(H2,19,20,21)(H3,11,13,14,18);2-4,6-7,10,16-17H,1H2,(H2,11,12,13)(H2,18,19,20);1-2,4,6-8,13-14H,3H2,(H,10,12,15)(H2,16,17,18). The van der Waals surface area contributed by atoms with Gasteiger partial charge in [-0.15, -0.1) is 0 Å². The Balaban J connectivity index is 0.000000168. The molecule has 0 radical (unpaired) electrons. The molecule has 3 aliphatic rings. The molecule has 0 aromatic carbocycles. The lowest BCUT2D eigenvalue weighted by Crippen LogP contribution is -2.37. The highest BCUT2D eigenvalue weighted by molar-refractivity contribution is 7.46. The lowest BCUT2D eigenvalue weighted by molar-refractivity contribution is -0.0543. The minimum atomic E-state index is -4.76. The Hall–Kier alpha value is -4.85. The summed E-state index contributed by atoms with van der Waals surface area (Å²) in [4.78, 5) is 110. The van der Waals surface area contributed by atoms with Crippen molar-refractivity contribution in [2.24, 2.45) is 0 Å². The maximum Gasteiger partial charge on any atom is 0.469 e. The summed E-state index contributed by atoms with van der Waals surface area (Å²) in [6, 6.07) is 1.02. The maximum absolute atomic E-state index is 11.7. The number of ether oxygens (including phenoxy) is 3. The van der Waals surface area contributed by atoms with Crippen LogP contribution in [-0.4, -0.2) is 183 Å². The van der Waals surface area contributed by atoms with E-state index in [2.05, 4.69) is 43.5 Å². The van der Waals surface area contributed by atoms with Crippen LogP contribution in [0.3, 0.4) is 0 Å². The third-order valence-corrected chi connectivity index (χ3v) is 11.2. The zero-order valence-corrected chi connectivity index (χ0v) is 36.5. The summed E-state index contributed by atoms with van der Waals surface area (Å²) in [5.41, 5.74) is 9.58. The summed E-state index contributed by atoms with van der Waals surface area (Å²) in [7, 11) is -14.2. The van der Waals surface area contributed by atoms with Crippen molar-refractivity contribution in [1.82, 2.24) is 48.6 Å². The molecule has 68 heavy (non-hydrogen) atoms. The number of hydrogen-bond donors (Lipinski definition) is 16. The number of fused-ring (bicyclic) bond motifs is 2. The molecule has 5 aromatic rings. The largest absolute Gasteiger partial charge is 0.469 e. The van der Waals surface area contributed by atoms with E-state index < -0.39 is 134 Å². The molecule has 12 atom stereocenters. The molecule has 0 aliphatic carbocycles. The molecule has 0 spiro atoms. The molecule has 3 aliphatic heterocycles. The van der Waals surface area contributed by atoms with Crippen LogP contribution >= 0.6 is 23.5 Å². The molecule has 3 fully saturated rings. The van der Waals surface area contributed by atoms with Crippen LogP contribution in [0.2, 0.25) is 0 Å². The zero-order chi connectivity index (χ0) is 50.2. The monoisotopic (exact) mass is 1030 g/mol. The van der Waals surface area contributed by atoms with E-state index >= 15 is 0 Å². The molecule has 39 heteroatoms. The number of nitrogen functional groups attached to an aromatic ring is 2. The quantitative estimate of drug-likeness (QED) is 0.0516. The highest BCUT2D eigenvalue weighted by Gasteiger charge is 2.47. The molecule has 3 saturated heterocycles. The Morgan fingerprint density at radius 1 is 0.588 bits per heavy atom. The van der Waals surface area contributed by atoms with Crippen LogP contribution in [0.5, 0.6) is 0 Å². The first-order valence-electron chi connectivity index (χ1n) is 18.8. The normalized spacial score (nSPS) is 28.6. The number of imidazole rings is 2. The molecule has 0 bridgehead atoms. The molecule has 12 unspecified atom stereocenters. The van der Waals surface area contributed by atoms with Crippen LogP contribution in [0.4, 0.5) is 11.8 Å². The van der Waals surface area contributed by atoms with Gasteiger partial charge in [0.05, 0.1) is 32.5 Å². The van der Waals surface area contributed by atoms with E-state index in [0.717, 1.165) is 16.8 Å². The first-order chi connectivity index (χ1) is 31.6. The molecular weight excluding hydrogens is 993 g/mol. The zero-order valence-electron chi connectivity index (χ0n) is 33.8. The van der Waals surface area contributed by atoms with Gasteiger partial charge in [0.2, 0.25) is 5.95 Å². The van der Waals surface area contributed by atoms with Crippen molar-refractivity contribution in [2.75, 3.05) is 31.3 Å². The summed E-state index contributed by atoms with van der Waals surface area (Å²) < 4.78 is 64.2. The molecular formula is C29H41N12O24P3. The van der Waals surface area contributed by atoms with E-state index in [9.17, 15) is 58.7 Å². The van der Waals surface area contributed by atoms with E-state index in [1.54, 1.807) is 0 Å². The van der Waals surface area contributed by atoms with Crippen molar-refractivity contribution in [3.05, 3.63) is 62.4 Å². The summed E-state index contributed by atoms with van der Waals surface area (Å²) in [5, 5.41) is 59.7. The summed E-state index contributed by atoms with van der Waals surface area (Å²) >= 11 is 0. The van der Waals surface area contributed by atoms with Crippen molar-refractivity contribution in [3.63, 3.8) is 0 Å². The van der Waals surface area contributed by atoms with Crippen LogP contribution in [0.15, 0.2) is 45.6 Å². The number of nitrogens with one attached hydrogen (secondary N) is 2. The van der Waals surface area contributed by atoms with Crippen LogP contribution in [0.25, 0.3) is 22.3 Å². The minimum absolute atomic E-state index is 0.0176. The smallest absolute Gasteiger partial charge is 0.387 e. The number of phosphoric ester groups is 3. The predicted octanol–water partition coefficient (Wildman–Crippen LogP) is -7.17. The number of nitrogens with zero attached hydrogens (tertiary/aromatic N) is 8. The van der Waals surface area contributed by atoms with E-state index in [1.807, 2.05) is 4.98 Å². The topological polar surface area (TPSA) is 563 Å². The van der Waals surface area contributed by atoms with Gasteiger partial charge in [0.15, 0.2) is 41.3 Å². The fourth-order valence-electron chi connectivity index (χ4n) is 6.61. The first-order valence-corrected chi connectivity index (χ1v) is 23.3. The van der Waals surface area contributed by atoms with Crippen molar-refractivity contribution in [2.45, 2.75) is 73.6 Å². The van der Waals surface area contributed by atoms with E-state index in [1.165, 1.54) is 28.1 Å². The average Bonchev–Trinajstić information content (AvgIpc) is 4.05. The molecule has 8 heterocycles. The van der Waals surface area contributed by atoms with Crippen molar-refractivity contribution < 1.29 is 101 Å². The number of aliphatic hydroxyl groups is 6. The number of phosphoric acid groups is 3. The van der Waals surface area contributed by atoms with Gasteiger partial charge in [-0.25, -0.2) is 38.4 Å². The van der Waals surface area contributed by atoms with Gasteiger partial charge in [-0.3, -0.25) is 46.8 Å². The molecule has 0 amide bonds. The van der Waals surface area contributed by atoms with Gasteiger partial charge in [-0.2, -0.15) is 4.98 Å². The predicted molar refractivity (Wildman–Crippen MR) is 215 cm³/mol. The average molecular weight is 1030 g/mol. The fourth-order valence-corrected chi connectivity index (χ4v) is 7.64. The lowest BCUT2D eigenvalue weighted by Gasteiger charge is -2.16. The third kappa shape index (κ3) is 12.3. The Labute approximate surface area is 374 Å². The summed E-state index contributed by atoms with van der Waals surface area (Å²) in [5.74, 6) is -0.0353. The summed E-state index contributed by atoms with van der Waals surface area (Å²) in [6.07, 6.45) is -11.3. The van der Waals surface area contributed by atoms with Crippen LogP contribution in [0, 0.1) is 0 Å². The fraction of sp³-hybridized carbons (Fsp3) is 0.517. The second-order valence-corrected chi connectivity index (χ2v) is 18.1. The van der Waals surface area contributed by atoms with Crippen molar-refractivity contribution in [3.8, 4) is 0 Å². The number of hydrogen-bond acceptors (Lipinski definition) is 25. The SMILES string of the molecule is Nc1nc2c(ncn2C2OC(COP(=O)(O)O)C(O)C2O)c(=O)[nH]1.Nc1ncnc2c1ncn2C1OC(COP(=O)(O)O)C(O)C1O.O=c1ccn(C2OC(COP(=O)(O)O)C(O)C2O)c(=O)[nH]1. The minimum Gasteiger partial charge on any atom is -0.387 e. The number of H-pyrrole nitrogens is 2. The van der Waals surface area contributed by atoms with Gasteiger partial charge < -0.3 is 85.7 Å². The Morgan fingerprint density at radius 2 is 1.01 bits per heavy atom. The summed E-state index contributed by atoms with van der Waals surface area (Å²) in [6.45, 7) is -1.93. The second-order valence-electron chi connectivity index (χ2n) is 14.4. The van der Waals surface area contributed by atoms with Crippen LogP contribution in [0.1, 0.15) is 18.7 Å². The first kappa shape index (κ1) is 52.5. The molecule has 0 saturated carbocycles. The number of rotatable bonds is 12. The van der Waals surface area contributed by atoms with E-state index in [0.29, 0.717) is 5.52 Å². The Morgan fingerprint density at radius 3 is 1.46 bits per heavy atom. The number of aromatic nitrogens is 10. The van der Waals surface area contributed by atoms with Gasteiger partial charge in [0, 0.05) is 12.3 Å². The molecule has 5 aromatic heterocycles. The highest BCUT2D eigenvalue weighted by atomic mass is 31.2. The van der Waals surface area contributed by atoms with Gasteiger partial charge in [-0.1, -0.05) is 0 Å². The number of nitrogens with two attached hydrogens (primary N) is 2. The van der Waals surface area contributed by atoms with Gasteiger partial charge >= 0.3 is 29.2 Å². The number of aromatic amines is 2. The second kappa shape index (κ2) is 20.6. The van der Waals surface area contributed by atoms with Gasteiger partial charge in [-0.05, 0) is 0 Å². The third-order valence-electron chi connectivity index (χ3n) is 9.74. The van der Waals surface area contributed by atoms with E-state index in [-0.39, 0.29) is 28.6 Å². The molecule has 36 nitrogen and oxygen atoms in total.